The van der Waals surface area contributed by atoms with Crippen LogP contribution >= 0.6 is 0 Å². The van der Waals surface area contributed by atoms with E-state index < -0.39 is 17.8 Å². The molecular weight excluding hydrogens is 415 g/mol. The van der Waals surface area contributed by atoms with Crippen LogP contribution in [0.25, 0.3) is 11.1 Å². The highest BCUT2D eigenvalue weighted by atomic mass is 19.1. The number of rotatable bonds is 6. The number of halogens is 1. The zero-order valence-electron chi connectivity index (χ0n) is 18.2. The van der Waals surface area contributed by atoms with Crippen LogP contribution in [0.5, 0.6) is 11.5 Å². The molecule has 0 saturated heterocycles. The summed E-state index contributed by atoms with van der Waals surface area (Å²) in [4.78, 5) is 25.2. The number of amides is 2. The minimum absolute atomic E-state index is 0.0712. The number of aryl methyl sites for hydroxylation is 2. The van der Waals surface area contributed by atoms with E-state index in [0.29, 0.717) is 23.0 Å². The summed E-state index contributed by atoms with van der Waals surface area (Å²) in [7, 11) is 3.10. The van der Waals surface area contributed by atoms with Crippen LogP contribution < -0.4 is 20.1 Å². The molecule has 0 radical (unpaired) electrons. The molecule has 2 N–H and O–H groups in total. The Morgan fingerprint density at radius 2 is 1.91 bits per heavy atom. The molecule has 1 aromatic heterocycles. The van der Waals surface area contributed by atoms with Crippen LogP contribution in [-0.4, -0.2) is 35.8 Å². The number of ether oxygens (including phenoxy) is 2. The smallest absolute Gasteiger partial charge is 0.251 e. The molecule has 1 aliphatic rings. The maximum Gasteiger partial charge on any atom is 0.251 e. The number of carbonyl (C=O) groups excluding carboxylic acids is 2. The predicted octanol–water partition coefficient (Wildman–Crippen LogP) is 3.85. The lowest BCUT2D eigenvalue weighted by atomic mass is 10.1. The third kappa shape index (κ3) is 3.77. The van der Waals surface area contributed by atoms with Gasteiger partial charge in [-0.1, -0.05) is 12.1 Å². The third-order valence-corrected chi connectivity index (χ3v) is 5.37. The molecule has 32 heavy (non-hydrogen) atoms. The molecule has 166 valence electrons. The van der Waals surface area contributed by atoms with E-state index in [1.165, 1.54) is 16.8 Å². The van der Waals surface area contributed by atoms with E-state index in [4.69, 9.17) is 9.47 Å². The van der Waals surface area contributed by atoms with Crippen molar-refractivity contribution in [2.45, 2.75) is 26.3 Å². The van der Waals surface area contributed by atoms with Crippen molar-refractivity contribution >= 4 is 23.3 Å². The monoisotopic (exact) mass is 438 g/mol. The van der Waals surface area contributed by atoms with Gasteiger partial charge in [0.15, 0.2) is 11.5 Å². The average molecular weight is 438 g/mol. The minimum atomic E-state index is -0.842. The molecule has 1 unspecified atom stereocenters. The van der Waals surface area contributed by atoms with Gasteiger partial charge in [-0.25, -0.2) is 9.07 Å². The van der Waals surface area contributed by atoms with Gasteiger partial charge in [0.2, 0.25) is 5.91 Å². The number of hydrogen-bond donors (Lipinski definition) is 2. The van der Waals surface area contributed by atoms with Gasteiger partial charge in [0.25, 0.3) is 5.91 Å². The standard InChI is InChI=1S/C23H23FN4O4/c1-12-5-7-16(15(24)9-12)25-20(29)11-17-23(30)26-22-21(13(2)27-28(17)22)14-6-8-18(31-3)19(10-14)32-4/h5-10,17H,11H2,1-4H3,(H,25,29)(H,26,30). The summed E-state index contributed by atoms with van der Waals surface area (Å²) >= 11 is 0. The van der Waals surface area contributed by atoms with E-state index in [1.54, 1.807) is 39.3 Å². The average Bonchev–Trinajstić information content (AvgIpc) is 3.23. The van der Waals surface area contributed by atoms with E-state index >= 15 is 0 Å². The fraction of sp³-hybridized carbons (Fsp3) is 0.261. The number of hydrogen-bond acceptors (Lipinski definition) is 5. The molecule has 3 aromatic rings. The molecule has 0 spiro atoms. The highest BCUT2D eigenvalue weighted by molar-refractivity contribution is 6.04. The zero-order chi connectivity index (χ0) is 23.0. The second kappa shape index (κ2) is 8.33. The van der Waals surface area contributed by atoms with Gasteiger partial charge in [-0.2, -0.15) is 5.10 Å². The molecule has 0 fully saturated rings. The van der Waals surface area contributed by atoms with Gasteiger partial charge in [0, 0.05) is 5.56 Å². The normalized spacial score (nSPS) is 14.7. The van der Waals surface area contributed by atoms with Crippen LogP contribution in [0.2, 0.25) is 0 Å². The molecule has 1 aliphatic heterocycles. The lowest BCUT2D eigenvalue weighted by Crippen LogP contribution is -2.24. The lowest BCUT2D eigenvalue weighted by molar-refractivity contribution is -0.123. The van der Waals surface area contributed by atoms with Gasteiger partial charge in [0.1, 0.15) is 17.7 Å². The van der Waals surface area contributed by atoms with Crippen molar-refractivity contribution in [1.82, 2.24) is 9.78 Å². The summed E-state index contributed by atoms with van der Waals surface area (Å²) in [5, 5.41) is 9.85. The summed E-state index contributed by atoms with van der Waals surface area (Å²) in [5.74, 6) is 0.263. The Morgan fingerprint density at radius 3 is 2.59 bits per heavy atom. The Balaban J connectivity index is 1.60. The molecule has 1 atom stereocenters. The number of anilines is 2. The van der Waals surface area contributed by atoms with Crippen LogP contribution in [0.1, 0.15) is 23.7 Å². The van der Waals surface area contributed by atoms with Gasteiger partial charge in [-0.05, 0) is 49.2 Å². The largest absolute Gasteiger partial charge is 0.493 e. The van der Waals surface area contributed by atoms with Gasteiger partial charge < -0.3 is 20.1 Å². The fourth-order valence-electron chi connectivity index (χ4n) is 3.82. The van der Waals surface area contributed by atoms with Crippen molar-refractivity contribution in [2.75, 3.05) is 24.9 Å². The molecule has 0 bridgehead atoms. The van der Waals surface area contributed by atoms with Crippen molar-refractivity contribution in [3.8, 4) is 22.6 Å². The summed E-state index contributed by atoms with van der Waals surface area (Å²) in [6.45, 7) is 3.58. The molecule has 2 amide bonds. The SMILES string of the molecule is COc1ccc(-c2c(C)nn3c2NC(=O)C3CC(=O)Nc2ccc(C)cc2F)cc1OC. The maximum absolute atomic E-state index is 14.1. The van der Waals surface area contributed by atoms with Crippen molar-refractivity contribution in [3.05, 3.63) is 53.5 Å². The number of benzene rings is 2. The minimum Gasteiger partial charge on any atom is -0.493 e. The van der Waals surface area contributed by atoms with Crippen LogP contribution in [0, 0.1) is 19.7 Å². The topological polar surface area (TPSA) is 94.5 Å². The van der Waals surface area contributed by atoms with Gasteiger partial charge >= 0.3 is 0 Å². The van der Waals surface area contributed by atoms with E-state index in [9.17, 15) is 14.0 Å². The van der Waals surface area contributed by atoms with E-state index in [2.05, 4.69) is 15.7 Å². The van der Waals surface area contributed by atoms with Crippen molar-refractivity contribution in [1.29, 1.82) is 0 Å². The predicted molar refractivity (Wildman–Crippen MR) is 118 cm³/mol. The molecular formula is C23H23FN4O4. The quantitative estimate of drug-likeness (QED) is 0.610. The number of methoxy groups -OCH3 is 2. The summed E-state index contributed by atoms with van der Waals surface area (Å²) < 4.78 is 26.2. The highest BCUT2D eigenvalue weighted by Crippen LogP contribution is 2.41. The molecule has 0 saturated carbocycles. The first-order valence-corrected chi connectivity index (χ1v) is 10.0. The lowest BCUT2D eigenvalue weighted by Gasteiger charge is -2.11. The van der Waals surface area contributed by atoms with Crippen LogP contribution in [0.4, 0.5) is 15.9 Å². The first-order chi connectivity index (χ1) is 15.3. The third-order valence-electron chi connectivity index (χ3n) is 5.37. The van der Waals surface area contributed by atoms with E-state index in [1.807, 2.05) is 13.0 Å². The highest BCUT2D eigenvalue weighted by Gasteiger charge is 2.36. The molecule has 9 heteroatoms. The molecule has 4 rings (SSSR count). The van der Waals surface area contributed by atoms with Crippen molar-refractivity contribution in [3.63, 3.8) is 0 Å². The maximum atomic E-state index is 14.1. The molecule has 2 aromatic carbocycles. The Hall–Kier alpha value is -3.88. The molecule has 8 nitrogen and oxygen atoms in total. The summed E-state index contributed by atoms with van der Waals surface area (Å²) in [5.41, 5.74) is 3.01. The Kier molecular flexibility index (Phi) is 5.56. The first-order valence-electron chi connectivity index (χ1n) is 10.0. The van der Waals surface area contributed by atoms with Gasteiger partial charge in [0.05, 0.1) is 32.0 Å². The number of fused-ring (bicyclic) bond motifs is 1. The van der Waals surface area contributed by atoms with Crippen LogP contribution in [0.3, 0.4) is 0 Å². The molecule has 0 aliphatic carbocycles. The van der Waals surface area contributed by atoms with E-state index in [-0.39, 0.29) is 18.0 Å². The van der Waals surface area contributed by atoms with Crippen molar-refractivity contribution < 1.29 is 23.5 Å². The first kappa shape index (κ1) is 21.4. The summed E-state index contributed by atoms with van der Waals surface area (Å²) in [6, 6.07) is 9.11. The number of carbonyl (C=O) groups is 2. The second-order valence-electron chi connectivity index (χ2n) is 7.56. The van der Waals surface area contributed by atoms with E-state index in [0.717, 1.165) is 16.7 Å². The van der Waals surface area contributed by atoms with Gasteiger partial charge in [-0.3, -0.25) is 9.59 Å². The van der Waals surface area contributed by atoms with Crippen LogP contribution in [-0.2, 0) is 9.59 Å². The second-order valence-corrected chi connectivity index (χ2v) is 7.56. The fourth-order valence-corrected chi connectivity index (χ4v) is 3.82. The number of aromatic nitrogens is 2. The number of nitrogens with one attached hydrogen (secondary N) is 2. The Labute approximate surface area is 184 Å². The van der Waals surface area contributed by atoms with Gasteiger partial charge in [-0.15, -0.1) is 0 Å². The van der Waals surface area contributed by atoms with Crippen molar-refractivity contribution in [2.24, 2.45) is 0 Å². The van der Waals surface area contributed by atoms with Crippen LogP contribution in [0.15, 0.2) is 36.4 Å². The number of nitrogens with zero attached hydrogens (tertiary/aromatic N) is 2. The Bertz CT molecular complexity index is 1220. The zero-order valence-corrected chi connectivity index (χ0v) is 18.2. The summed E-state index contributed by atoms with van der Waals surface area (Å²) in [6.07, 6.45) is -0.182. The molecule has 2 heterocycles. The Morgan fingerprint density at radius 1 is 1.16 bits per heavy atom.